The molecule has 1 aromatic heterocycles. The zero-order valence-electron chi connectivity index (χ0n) is 10.3. The maximum atomic E-state index is 5.90. The average molecular weight is 276 g/mol. The lowest BCUT2D eigenvalue weighted by atomic mass is 10.2. The van der Waals surface area contributed by atoms with E-state index in [1.165, 1.54) is 6.42 Å². The molecule has 4 nitrogen and oxygen atoms in total. The van der Waals surface area contributed by atoms with Gasteiger partial charge in [-0.05, 0) is 37.6 Å². The minimum Gasteiger partial charge on any atom is -0.454 e. The van der Waals surface area contributed by atoms with Crippen molar-refractivity contribution in [3.63, 3.8) is 0 Å². The number of benzene rings is 1. The Morgan fingerprint density at radius 2 is 2.05 bits per heavy atom. The molecule has 1 unspecified atom stereocenters. The van der Waals surface area contributed by atoms with Crippen LogP contribution in [0.15, 0.2) is 36.7 Å². The minimum absolute atomic E-state index is 0.278. The van der Waals surface area contributed by atoms with Gasteiger partial charge in [0, 0.05) is 5.02 Å². The van der Waals surface area contributed by atoms with E-state index in [4.69, 9.17) is 16.3 Å². The van der Waals surface area contributed by atoms with Gasteiger partial charge in [-0.25, -0.2) is 9.97 Å². The summed E-state index contributed by atoms with van der Waals surface area (Å²) < 4.78 is 5.65. The van der Waals surface area contributed by atoms with Crippen LogP contribution in [0.1, 0.15) is 24.7 Å². The van der Waals surface area contributed by atoms with Gasteiger partial charge in [-0.15, -0.1) is 0 Å². The van der Waals surface area contributed by atoms with Crippen LogP contribution in [0.5, 0.6) is 11.5 Å². The largest absolute Gasteiger partial charge is 0.454 e. The van der Waals surface area contributed by atoms with Gasteiger partial charge in [0.25, 0.3) is 0 Å². The van der Waals surface area contributed by atoms with Crippen LogP contribution in [0, 0.1) is 0 Å². The second kappa shape index (κ2) is 5.55. The predicted molar refractivity (Wildman–Crippen MR) is 73.5 cm³/mol. The van der Waals surface area contributed by atoms with E-state index in [0.29, 0.717) is 16.5 Å². The Balaban J connectivity index is 1.72. The normalized spacial score (nSPS) is 18.5. The predicted octanol–water partition coefficient (Wildman–Crippen LogP) is 3.35. The molecule has 1 N–H and O–H groups in total. The van der Waals surface area contributed by atoms with Gasteiger partial charge in [0.15, 0.2) is 5.75 Å². The summed E-state index contributed by atoms with van der Waals surface area (Å²) in [5, 5.41) is 4.01. The van der Waals surface area contributed by atoms with Crippen molar-refractivity contribution in [1.82, 2.24) is 15.3 Å². The standard InChI is InChI=1S/C14H14ClN3O/c15-10-3-1-4-11(7-10)19-12-8-17-14(18-9-12)13-5-2-6-16-13/h1,3-4,7-9,13,16H,2,5-6H2. The molecule has 0 spiro atoms. The van der Waals surface area contributed by atoms with Gasteiger partial charge >= 0.3 is 0 Å². The van der Waals surface area contributed by atoms with E-state index < -0.39 is 0 Å². The van der Waals surface area contributed by atoms with Crippen molar-refractivity contribution in [2.24, 2.45) is 0 Å². The molecule has 0 saturated carbocycles. The number of ether oxygens (including phenoxy) is 1. The summed E-state index contributed by atoms with van der Waals surface area (Å²) in [5.41, 5.74) is 0. The van der Waals surface area contributed by atoms with Crippen molar-refractivity contribution in [3.05, 3.63) is 47.5 Å². The monoisotopic (exact) mass is 275 g/mol. The number of hydrogen-bond donors (Lipinski definition) is 1. The number of rotatable bonds is 3. The highest BCUT2D eigenvalue weighted by Gasteiger charge is 2.18. The average Bonchev–Trinajstić information content (AvgIpc) is 2.94. The van der Waals surface area contributed by atoms with Gasteiger partial charge in [0.1, 0.15) is 11.6 Å². The first kappa shape index (κ1) is 12.4. The van der Waals surface area contributed by atoms with E-state index in [0.717, 1.165) is 18.8 Å². The summed E-state index contributed by atoms with van der Waals surface area (Å²) >= 11 is 5.90. The van der Waals surface area contributed by atoms with Crippen molar-refractivity contribution < 1.29 is 4.74 Å². The van der Waals surface area contributed by atoms with Gasteiger partial charge in [0.2, 0.25) is 0 Å². The molecule has 0 radical (unpaired) electrons. The van der Waals surface area contributed by atoms with Crippen LogP contribution in [0.4, 0.5) is 0 Å². The fourth-order valence-electron chi connectivity index (χ4n) is 2.13. The number of nitrogens with zero attached hydrogens (tertiary/aromatic N) is 2. The smallest absolute Gasteiger partial charge is 0.164 e. The maximum absolute atomic E-state index is 5.90. The molecule has 1 saturated heterocycles. The van der Waals surface area contributed by atoms with Gasteiger partial charge < -0.3 is 10.1 Å². The van der Waals surface area contributed by atoms with Crippen LogP contribution >= 0.6 is 11.6 Å². The van der Waals surface area contributed by atoms with Crippen LogP contribution < -0.4 is 10.1 Å². The van der Waals surface area contributed by atoms with Gasteiger partial charge in [-0.2, -0.15) is 0 Å². The van der Waals surface area contributed by atoms with Crippen molar-refractivity contribution in [3.8, 4) is 11.5 Å². The van der Waals surface area contributed by atoms with Crippen LogP contribution in [0.3, 0.4) is 0 Å². The molecule has 2 aromatic rings. The lowest BCUT2D eigenvalue weighted by molar-refractivity contribution is 0.473. The molecule has 1 atom stereocenters. The molecule has 98 valence electrons. The van der Waals surface area contributed by atoms with E-state index in [1.54, 1.807) is 24.5 Å². The Bertz CT molecular complexity index is 553. The van der Waals surface area contributed by atoms with Crippen molar-refractivity contribution >= 4 is 11.6 Å². The van der Waals surface area contributed by atoms with Crippen LogP contribution in [-0.2, 0) is 0 Å². The summed E-state index contributed by atoms with van der Waals surface area (Å²) in [7, 11) is 0. The molecule has 1 aromatic carbocycles. The quantitative estimate of drug-likeness (QED) is 0.933. The number of nitrogens with one attached hydrogen (secondary N) is 1. The third-order valence-corrected chi connectivity index (χ3v) is 3.29. The molecule has 1 aliphatic rings. The Morgan fingerprint density at radius 1 is 1.21 bits per heavy atom. The van der Waals surface area contributed by atoms with Crippen LogP contribution in [-0.4, -0.2) is 16.5 Å². The fraction of sp³-hybridized carbons (Fsp3) is 0.286. The lowest BCUT2D eigenvalue weighted by Gasteiger charge is -2.09. The molecule has 0 bridgehead atoms. The molecule has 1 aliphatic heterocycles. The highest BCUT2D eigenvalue weighted by Crippen LogP contribution is 2.24. The summed E-state index contributed by atoms with van der Waals surface area (Å²) in [6.07, 6.45) is 5.66. The molecular weight excluding hydrogens is 262 g/mol. The van der Waals surface area contributed by atoms with Crippen molar-refractivity contribution in [2.75, 3.05) is 6.54 Å². The zero-order chi connectivity index (χ0) is 13.1. The van der Waals surface area contributed by atoms with Gasteiger partial charge in [0.05, 0.1) is 18.4 Å². The first-order chi connectivity index (χ1) is 9.31. The third-order valence-electron chi connectivity index (χ3n) is 3.05. The molecule has 2 heterocycles. The SMILES string of the molecule is Clc1cccc(Oc2cnc(C3CCCN3)nc2)c1. The van der Waals surface area contributed by atoms with E-state index >= 15 is 0 Å². The molecule has 3 rings (SSSR count). The first-order valence-corrected chi connectivity index (χ1v) is 6.68. The van der Waals surface area contributed by atoms with Crippen LogP contribution in [0.25, 0.3) is 0 Å². The maximum Gasteiger partial charge on any atom is 0.164 e. The Hall–Kier alpha value is -1.65. The van der Waals surface area contributed by atoms with Crippen LogP contribution in [0.2, 0.25) is 5.02 Å². The summed E-state index contributed by atoms with van der Waals surface area (Å²) in [6, 6.07) is 7.53. The van der Waals surface area contributed by atoms with E-state index in [2.05, 4.69) is 15.3 Å². The molecule has 0 aliphatic carbocycles. The van der Waals surface area contributed by atoms with Gasteiger partial charge in [-0.3, -0.25) is 0 Å². The van der Waals surface area contributed by atoms with E-state index in [-0.39, 0.29) is 6.04 Å². The second-order valence-corrected chi connectivity index (χ2v) is 4.92. The second-order valence-electron chi connectivity index (χ2n) is 4.49. The topological polar surface area (TPSA) is 47.0 Å². The minimum atomic E-state index is 0.278. The molecular formula is C14H14ClN3O. The summed E-state index contributed by atoms with van der Waals surface area (Å²) in [4.78, 5) is 8.70. The third kappa shape index (κ3) is 3.03. The number of hydrogen-bond acceptors (Lipinski definition) is 4. The fourth-order valence-corrected chi connectivity index (χ4v) is 2.31. The number of halogens is 1. The molecule has 5 heteroatoms. The van der Waals surface area contributed by atoms with Crippen molar-refractivity contribution in [2.45, 2.75) is 18.9 Å². The van der Waals surface area contributed by atoms with E-state index in [1.807, 2.05) is 12.1 Å². The Kier molecular flexibility index (Phi) is 3.62. The summed E-state index contributed by atoms with van der Waals surface area (Å²) in [6.45, 7) is 1.04. The highest BCUT2D eigenvalue weighted by atomic mass is 35.5. The van der Waals surface area contributed by atoms with Crippen molar-refractivity contribution in [1.29, 1.82) is 0 Å². The Labute approximate surface area is 116 Å². The Morgan fingerprint density at radius 3 is 2.74 bits per heavy atom. The summed E-state index contributed by atoms with van der Waals surface area (Å²) in [5.74, 6) is 2.13. The first-order valence-electron chi connectivity index (χ1n) is 6.30. The molecule has 1 fully saturated rings. The molecule has 0 amide bonds. The lowest BCUT2D eigenvalue weighted by Crippen LogP contribution is -2.15. The number of aromatic nitrogens is 2. The molecule has 19 heavy (non-hydrogen) atoms. The van der Waals surface area contributed by atoms with Gasteiger partial charge in [-0.1, -0.05) is 17.7 Å². The zero-order valence-corrected chi connectivity index (χ0v) is 11.1. The van der Waals surface area contributed by atoms with E-state index in [9.17, 15) is 0 Å². The highest BCUT2D eigenvalue weighted by molar-refractivity contribution is 6.30.